The maximum atomic E-state index is 5.73. The van der Waals surface area contributed by atoms with Gasteiger partial charge in [0.15, 0.2) is 17.5 Å². The summed E-state index contributed by atoms with van der Waals surface area (Å²) in [5.74, 6) is 3.31. The number of aryl methyl sites for hydroxylation is 2. The van der Waals surface area contributed by atoms with Crippen LogP contribution in [0, 0.1) is 0 Å². The number of fused-ring (bicyclic) bond motifs is 1. The number of hydrogen-bond donors (Lipinski definition) is 2. The monoisotopic (exact) mass is 528 g/mol. The van der Waals surface area contributed by atoms with E-state index in [0.29, 0.717) is 19.8 Å². The van der Waals surface area contributed by atoms with Crippen LogP contribution < -0.4 is 20.1 Å². The molecule has 0 saturated carbocycles. The molecule has 0 saturated heterocycles. The van der Waals surface area contributed by atoms with Gasteiger partial charge in [-0.3, -0.25) is 4.99 Å². The first-order valence-corrected chi connectivity index (χ1v) is 10.3. The minimum Gasteiger partial charge on any atom is -0.486 e. The summed E-state index contributed by atoms with van der Waals surface area (Å²) in [6.45, 7) is 11.1. The molecule has 30 heavy (non-hydrogen) atoms. The van der Waals surface area contributed by atoms with Crippen LogP contribution in [0.25, 0.3) is 0 Å². The molecule has 0 unspecified atom stereocenters. The van der Waals surface area contributed by atoms with Gasteiger partial charge in [-0.2, -0.15) is 0 Å². The van der Waals surface area contributed by atoms with Crippen molar-refractivity contribution in [3.63, 3.8) is 0 Å². The first kappa shape index (κ1) is 24.3. The fourth-order valence-corrected chi connectivity index (χ4v) is 3.40. The van der Waals surface area contributed by atoms with Gasteiger partial charge < -0.3 is 24.6 Å². The molecule has 0 radical (unpaired) electrons. The number of aliphatic imine (C=N–C) groups is 1. The van der Waals surface area contributed by atoms with Crippen LogP contribution in [0.5, 0.6) is 11.5 Å². The van der Waals surface area contributed by atoms with E-state index in [2.05, 4.69) is 60.6 Å². The summed E-state index contributed by atoms with van der Waals surface area (Å²) in [7, 11) is 1.78. The topological polar surface area (TPSA) is 80.9 Å². The minimum absolute atomic E-state index is 0. The highest BCUT2D eigenvalue weighted by molar-refractivity contribution is 14.0. The van der Waals surface area contributed by atoms with Gasteiger partial charge in [0.2, 0.25) is 0 Å². The molecule has 1 aliphatic rings. The van der Waals surface area contributed by atoms with Gasteiger partial charge in [0.05, 0.1) is 5.69 Å². The van der Waals surface area contributed by atoms with Gasteiger partial charge in [-0.05, 0) is 24.1 Å². The normalized spacial score (nSPS) is 13.6. The van der Waals surface area contributed by atoms with Gasteiger partial charge >= 0.3 is 0 Å². The predicted octanol–water partition coefficient (Wildman–Crippen LogP) is 3.83. The third kappa shape index (κ3) is 5.59. The summed E-state index contributed by atoms with van der Waals surface area (Å²) < 4.78 is 16.8. The molecule has 0 bridgehead atoms. The maximum absolute atomic E-state index is 5.73. The molecule has 0 aliphatic carbocycles. The van der Waals surface area contributed by atoms with E-state index in [4.69, 9.17) is 14.0 Å². The Balaban J connectivity index is 0.00000320. The molecule has 3 rings (SSSR count). The third-order valence-corrected chi connectivity index (χ3v) is 5.28. The van der Waals surface area contributed by atoms with Crippen molar-refractivity contribution in [2.24, 2.45) is 4.99 Å². The Morgan fingerprint density at radius 1 is 1.10 bits per heavy atom. The summed E-state index contributed by atoms with van der Waals surface area (Å²) in [5.41, 5.74) is 3.20. The average Bonchev–Trinajstić information content (AvgIpc) is 3.15. The fourth-order valence-electron chi connectivity index (χ4n) is 3.40. The van der Waals surface area contributed by atoms with E-state index >= 15 is 0 Å². The lowest BCUT2D eigenvalue weighted by atomic mass is 9.84. The van der Waals surface area contributed by atoms with E-state index in [9.17, 15) is 0 Å². The SMILES string of the molecule is CCc1noc(CC)c1CNC(=NC)NCC(C)(C)c1ccc2c(c1)OCCO2.I. The quantitative estimate of drug-likeness (QED) is 0.323. The van der Waals surface area contributed by atoms with Gasteiger partial charge in [-0.1, -0.05) is 38.9 Å². The van der Waals surface area contributed by atoms with E-state index in [-0.39, 0.29) is 29.4 Å². The van der Waals surface area contributed by atoms with Crippen molar-refractivity contribution in [2.45, 2.75) is 52.5 Å². The van der Waals surface area contributed by atoms with Gasteiger partial charge in [0.1, 0.15) is 19.0 Å². The standard InChI is InChI=1S/C22H32N4O3.HI/c1-6-17-16(18(7-2)29-26-17)13-24-21(23-5)25-14-22(3,4)15-8-9-19-20(12-15)28-11-10-27-19;/h8-9,12H,6-7,10-11,13-14H2,1-5H3,(H2,23,24,25);1H. The van der Waals surface area contributed by atoms with Crippen LogP contribution in [0.1, 0.15) is 50.3 Å². The van der Waals surface area contributed by atoms with Gasteiger partial charge in [-0.15, -0.1) is 24.0 Å². The van der Waals surface area contributed by atoms with Crippen molar-refractivity contribution in [2.75, 3.05) is 26.8 Å². The summed E-state index contributed by atoms with van der Waals surface area (Å²) in [4.78, 5) is 4.36. The second-order valence-corrected chi connectivity index (χ2v) is 7.76. The zero-order valence-corrected chi connectivity index (χ0v) is 20.8. The molecule has 2 aromatic rings. The zero-order chi connectivity index (χ0) is 20.9. The van der Waals surface area contributed by atoms with Crippen LogP contribution in [-0.4, -0.2) is 37.9 Å². The average molecular weight is 528 g/mol. The van der Waals surface area contributed by atoms with Crippen LogP contribution in [0.4, 0.5) is 0 Å². The van der Waals surface area contributed by atoms with E-state index < -0.39 is 0 Å². The molecule has 1 aromatic carbocycles. The third-order valence-electron chi connectivity index (χ3n) is 5.28. The lowest BCUT2D eigenvalue weighted by molar-refractivity contribution is 0.171. The highest BCUT2D eigenvalue weighted by Crippen LogP contribution is 2.34. The van der Waals surface area contributed by atoms with Crippen LogP contribution >= 0.6 is 24.0 Å². The molecule has 0 atom stereocenters. The van der Waals surface area contributed by atoms with Gasteiger partial charge in [-0.25, -0.2) is 0 Å². The molecule has 7 nitrogen and oxygen atoms in total. The first-order chi connectivity index (χ1) is 14.0. The zero-order valence-electron chi connectivity index (χ0n) is 18.5. The molecule has 0 fully saturated rings. The lowest BCUT2D eigenvalue weighted by Gasteiger charge is -2.28. The summed E-state index contributed by atoms with van der Waals surface area (Å²) in [6.07, 6.45) is 1.68. The Morgan fingerprint density at radius 2 is 1.83 bits per heavy atom. The molecule has 1 aromatic heterocycles. The Bertz CT molecular complexity index is 843. The van der Waals surface area contributed by atoms with Crippen molar-refractivity contribution in [3.05, 3.63) is 40.8 Å². The van der Waals surface area contributed by atoms with E-state index in [1.54, 1.807) is 7.05 Å². The molecule has 8 heteroatoms. The molecule has 2 heterocycles. The number of halogens is 1. The molecular weight excluding hydrogens is 495 g/mol. The van der Waals surface area contributed by atoms with Crippen molar-refractivity contribution in [1.82, 2.24) is 15.8 Å². The smallest absolute Gasteiger partial charge is 0.191 e. The Hall–Kier alpha value is -1.97. The summed E-state index contributed by atoms with van der Waals surface area (Å²) in [6, 6.07) is 6.16. The highest BCUT2D eigenvalue weighted by Gasteiger charge is 2.24. The van der Waals surface area contributed by atoms with E-state index in [1.165, 1.54) is 5.56 Å². The Morgan fingerprint density at radius 3 is 2.50 bits per heavy atom. The van der Waals surface area contributed by atoms with Crippen LogP contribution in [0.2, 0.25) is 0 Å². The fraction of sp³-hybridized carbons (Fsp3) is 0.545. The minimum atomic E-state index is -0.117. The van der Waals surface area contributed by atoms with Crippen LogP contribution in [0.3, 0.4) is 0 Å². The molecule has 1 aliphatic heterocycles. The number of guanidine groups is 1. The molecule has 166 valence electrons. The summed E-state index contributed by atoms with van der Waals surface area (Å²) in [5, 5.41) is 11.0. The number of nitrogens with zero attached hydrogens (tertiary/aromatic N) is 2. The van der Waals surface area contributed by atoms with E-state index in [1.807, 2.05) is 6.07 Å². The van der Waals surface area contributed by atoms with E-state index in [0.717, 1.165) is 53.9 Å². The van der Waals surface area contributed by atoms with Crippen molar-refractivity contribution in [3.8, 4) is 11.5 Å². The van der Waals surface area contributed by atoms with Crippen molar-refractivity contribution >= 4 is 29.9 Å². The number of ether oxygens (including phenoxy) is 2. The molecular formula is C22H33IN4O3. The predicted molar refractivity (Wildman–Crippen MR) is 129 cm³/mol. The number of rotatable bonds is 7. The van der Waals surface area contributed by atoms with Crippen molar-refractivity contribution in [1.29, 1.82) is 0 Å². The maximum Gasteiger partial charge on any atom is 0.191 e. The molecule has 0 spiro atoms. The lowest BCUT2D eigenvalue weighted by Crippen LogP contribution is -2.43. The number of aromatic nitrogens is 1. The number of hydrogen-bond acceptors (Lipinski definition) is 5. The molecule has 0 amide bonds. The Kier molecular flexibility index (Phi) is 8.81. The van der Waals surface area contributed by atoms with Crippen LogP contribution in [-0.2, 0) is 24.8 Å². The van der Waals surface area contributed by atoms with Gasteiger partial charge in [0, 0.05) is 37.5 Å². The Labute approximate surface area is 196 Å². The van der Waals surface area contributed by atoms with Crippen LogP contribution in [0.15, 0.2) is 27.7 Å². The number of benzene rings is 1. The second-order valence-electron chi connectivity index (χ2n) is 7.76. The summed E-state index contributed by atoms with van der Waals surface area (Å²) >= 11 is 0. The van der Waals surface area contributed by atoms with Gasteiger partial charge in [0.25, 0.3) is 0 Å². The molecule has 2 N–H and O–H groups in total. The largest absolute Gasteiger partial charge is 0.486 e. The second kappa shape index (κ2) is 10.9. The highest BCUT2D eigenvalue weighted by atomic mass is 127. The first-order valence-electron chi connectivity index (χ1n) is 10.3. The van der Waals surface area contributed by atoms with Crippen molar-refractivity contribution < 1.29 is 14.0 Å². The number of nitrogens with one attached hydrogen (secondary N) is 2.